The lowest BCUT2D eigenvalue weighted by Crippen LogP contribution is -2.46. The van der Waals surface area contributed by atoms with Crippen molar-refractivity contribution in [2.45, 2.75) is 65.3 Å². The normalized spacial score (nSPS) is 12.5. The Kier molecular flexibility index (Phi) is 9.49. The van der Waals surface area contributed by atoms with Crippen molar-refractivity contribution < 1.29 is 18.8 Å². The SMILES string of the molecule is CC(C)(C)OC(=O)N(CCNC(=O)c1cccn2c(=O)c3cc(I)ccc3nc12)CCO[Si](C)(C)C(C)(C)C. The molecular weight excluding hydrogens is 627 g/mol. The van der Waals surface area contributed by atoms with Crippen molar-refractivity contribution in [3.63, 3.8) is 0 Å². The Hall–Kier alpha value is -2.51. The average molecular weight is 667 g/mol. The van der Waals surface area contributed by atoms with Crippen LogP contribution in [0.15, 0.2) is 41.3 Å². The van der Waals surface area contributed by atoms with Crippen molar-refractivity contribution in [2.75, 3.05) is 26.2 Å². The van der Waals surface area contributed by atoms with Crippen LogP contribution in [0.2, 0.25) is 18.1 Å². The number of halogens is 1. The smallest absolute Gasteiger partial charge is 0.410 e. The predicted molar refractivity (Wildman–Crippen MR) is 165 cm³/mol. The number of nitrogens with one attached hydrogen (secondary N) is 1. The van der Waals surface area contributed by atoms with E-state index in [2.05, 4.69) is 66.8 Å². The zero-order chi connectivity index (χ0) is 29.2. The van der Waals surface area contributed by atoms with Gasteiger partial charge < -0.3 is 19.4 Å². The molecule has 0 atom stereocenters. The lowest BCUT2D eigenvalue weighted by molar-refractivity contribution is 0.0223. The second-order valence-electron chi connectivity index (χ2n) is 12.0. The van der Waals surface area contributed by atoms with Gasteiger partial charge >= 0.3 is 6.09 Å². The van der Waals surface area contributed by atoms with E-state index in [0.717, 1.165) is 3.57 Å². The number of hydrogen-bond donors (Lipinski definition) is 1. The van der Waals surface area contributed by atoms with Crippen molar-refractivity contribution in [3.05, 3.63) is 56.0 Å². The molecule has 0 saturated carbocycles. The topological polar surface area (TPSA) is 102 Å². The molecule has 0 aliphatic rings. The van der Waals surface area contributed by atoms with Crippen LogP contribution in [0.5, 0.6) is 0 Å². The summed E-state index contributed by atoms with van der Waals surface area (Å²) in [6, 6.07) is 8.71. The van der Waals surface area contributed by atoms with Crippen LogP contribution in [0.3, 0.4) is 0 Å². The Morgan fingerprint density at radius 3 is 2.44 bits per heavy atom. The minimum Gasteiger partial charge on any atom is -0.444 e. The molecule has 2 amide bonds. The molecule has 11 heteroatoms. The molecule has 0 aliphatic heterocycles. The maximum atomic E-state index is 13.2. The summed E-state index contributed by atoms with van der Waals surface area (Å²) in [5.41, 5.74) is 0.196. The number of nitrogens with zero attached hydrogens (tertiary/aromatic N) is 3. The lowest BCUT2D eigenvalue weighted by Gasteiger charge is -2.37. The van der Waals surface area contributed by atoms with Gasteiger partial charge in [-0.1, -0.05) is 20.8 Å². The number of carbonyl (C=O) groups excluding carboxylic acids is 2. The highest BCUT2D eigenvalue weighted by Gasteiger charge is 2.37. The third-order valence-corrected chi connectivity index (χ3v) is 12.0. The first kappa shape index (κ1) is 31.0. The fourth-order valence-electron chi connectivity index (χ4n) is 3.62. The summed E-state index contributed by atoms with van der Waals surface area (Å²) < 4.78 is 14.2. The van der Waals surface area contributed by atoms with Gasteiger partial charge in [-0.15, -0.1) is 0 Å². The molecule has 3 aromatic rings. The molecule has 1 aromatic carbocycles. The molecule has 9 nitrogen and oxygen atoms in total. The number of ether oxygens (including phenoxy) is 1. The maximum absolute atomic E-state index is 13.2. The molecule has 0 unspecified atom stereocenters. The zero-order valence-corrected chi connectivity index (χ0v) is 27.2. The molecular formula is C28H39IN4O5Si. The van der Waals surface area contributed by atoms with Gasteiger partial charge in [0, 0.05) is 29.4 Å². The minimum absolute atomic E-state index is 0.0516. The summed E-state index contributed by atoms with van der Waals surface area (Å²) in [5.74, 6) is -0.383. The zero-order valence-electron chi connectivity index (χ0n) is 24.1. The van der Waals surface area contributed by atoms with E-state index < -0.39 is 20.0 Å². The fraction of sp³-hybridized carbons (Fsp3) is 0.500. The number of pyridine rings is 1. The van der Waals surface area contributed by atoms with Gasteiger partial charge in [-0.3, -0.25) is 14.0 Å². The molecule has 212 valence electrons. The van der Waals surface area contributed by atoms with E-state index >= 15 is 0 Å². The molecule has 1 N–H and O–H groups in total. The maximum Gasteiger partial charge on any atom is 0.410 e. The quantitative estimate of drug-likeness (QED) is 0.195. The molecule has 2 aromatic heterocycles. The first-order valence-electron chi connectivity index (χ1n) is 13.0. The Morgan fingerprint density at radius 2 is 1.79 bits per heavy atom. The molecule has 0 fully saturated rings. The summed E-state index contributed by atoms with van der Waals surface area (Å²) in [7, 11) is -1.98. The van der Waals surface area contributed by atoms with Gasteiger partial charge in [0.25, 0.3) is 11.5 Å². The van der Waals surface area contributed by atoms with E-state index in [0.29, 0.717) is 24.1 Å². The van der Waals surface area contributed by atoms with Crippen molar-refractivity contribution in [1.82, 2.24) is 19.6 Å². The van der Waals surface area contributed by atoms with E-state index in [9.17, 15) is 14.4 Å². The van der Waals surface area contributed by atoms with Crippen LogP contribution >= 0.6 is 22.6 Å². The number of rotatable bonds is 8. The van der Waals surface area contributed by atoms with E-state index in [1.807, 2.05) is 26.8 Å². The average Bonchev–Trinajstić information content (AvgIpc) is 2.81. The van der Waals surface area contributed by atoms with E-state index in [1.165, 1.54) is 4.40 Å². The minimum atomic E-state index is -1.98. The Labute approximate surface area is 244 Å². The summed E-state index contributed by atoms with van der Waals surface area (Å²) >= 11 is 2.15. The lowest BCUT2D eigenvalue weighted by atomic mass is 10.2. The number of amides is 2. The Balaban J connectivity index is 1.75. The largest absolute Gasteiger partial charge is 0.444 e. The van der Waals surface area contributed by atoms with Gasteiger partial charge in [0.1, 0.15) is 5.60 Å². The van der Waals surface area contributed by atoms with Crippen LogP contribution in [-0.4, -0.2) is 66.4 Å². The monoisotopic (exact) mass is 666 g/mol. The highest BCUT2D eigenvalue weighted by molar-refractivity contribution is 14.1. The number of benzene rings is 1. The van der Waals surface area contributed by atoms with Crippen LogP contribution in [0.25, 0.3) is 16.6 Å². The standard InChI is InChI=1S/C28H39IN4O5Si/c1-27(2,3)38-26(36)32(16-17-37-39(7,8)28(4,5)6)15-13-30-24(34)20-10-9-14-33-23(20)31-22-12-11-19(29)18-21(22)25(33)35/h9-12,14,18H,13,15-17H2,1-8H3,(H,30,34). The molecule has 0 radical (unpaired) electrons. The summed E-state index contributed by atoms with van der Waals surface area (Å²) in [6.07, 6.45) is 1.14. The Morgan fingerprint density at radius 1 is 1.10 bits per heavy atom. The number of carbonyl (C=O) groups is 2. The fourth-order valence-corrected chi connectivity index (χ4v) is 5.15. The molecule has 0 bridgehead atoms. The summed E-state index contributed by atoms with van der Waals surface area (Å²) in [5, 5.41) is 3.41. The third-order valence-electron chi connectivity index (χ3n) is 6.80. The Bertz CT molecular complexity index is 1430. The van der Waals surface area contributed by atoms with E-state index in [4.69, 9.17) is 9.16 Å². The summed E-state index contributed by atoms with van der Waals surface area (Å²) in [4.78, 5) is 45.3. The van der Waals surface area contributed by atoms with Crippen LogP contribution in [0, 0.1) is 3.57 Å². The van der Waals surface area contributed by atoms with Crippen LogP contribution in [-0.2, 0) is 9.16 Å². The van der Waals surface area contributed by atoms with Gasteiger partial charge in [-0.2, -0.15) is 0 Å². The van der Waals surface area contributed by atoms with Crippen LogP contribution in [0.1, 0.15) is 51.9 Å². The highest BCUT2D eigenvalue weighted by atomic mass is 127. The predicted octanol–water partition coefficient (Wildman–Crippen LogP) is 5.44. The van der Waals surface area contributed by atoms with Gasteiger partial charge in [0.05, 0.1) is 23.1 Å². The van der Waals surface area contributed by atoms with Crippen molar-refractivity contribution in [3.8, 4) is 0 Å². The number of aromatic nitrogens is 2. The van der Waals surface area contributed by atoms with Gasteiger partial charge in [-0.05, 0) is 91.8 Å². The first-order chi connectivity index (χ1) is 18.0. The molecule has 0 spiro atoms. The summed E-state index contributed by atoms with van der Waals surface area (Å²) in [6.45, 7) is 17.4. The van der Waals surface area contributed by atoms with Crippen molar-refractivity contribution >= 4 is 59.5 Å². The van der Waals surface area contributed by atoms with Crippen molar-refractivity contribution in [1.29, 1.82) is 0 Å². The number of fused-ring (bicyclic) bond motifs is 2. The third kappa shape index (κ3) is 7.79. The highest BCUT2D eigenvalue weighted by Crippen LogP contribution is 2.36. The molecule has 0 aliphatic carbocycles. The second-order valence-corrected chi connectivity index (χ2v) is 18.1. The first-order valence-corrected chi connectivity index (χ1v) is 17.0. The molecule has 2 heterocycles. The van der Waals surface area contributed by atoms with E-state index in [-0.39, 0.29) is 40.8 Å². The molecule has 3 rings (SSSR count). The molecule has 39 heavy (non-hydrogen) atoms. The van der Waals surface area contributed by atoms with Crippen LogP contribution in [0.4, 0.5) is 4.79 Å². The van der Waals surface area contributed by atoms with Gasteiger partial charge in [-0.25, -0.2) is 9.78 Å². The van der Waals surface area contributed by atoms with Gasteiger partial charge in [0.2, 0.25) is 0 Å². The second kappa shape index (κ2) is 11.9. The van der Waals surface area contributed by atoms with Gasteiger partial charge in [0.15, 0.2) is 14.0 Å². The van der Waals surface area contributed by atoms with Crippen LogP contribution < -0.4 is 10.9 Å². The number of hydrogen-bond acceptors (Lipinski definition) is 6. The molecule has 0 saturated heterocycles. The van der Waals surface area contributed by atoms with E-state index in [1.54, 1.807) is 35.4 Å². The van der Waals surface area contributed by atoms with Crippen molar-refractivity contribution in [2.24, 2.45) is 0 Å².